The van der Waals surface area contributed by atoms with Gasteiger partial charge in [-0.25, -0.2) is 12.8 Å². The van der Waals surface area contributed by atoms with Crippen LogP contribution in [0.15, 0.2) is 77.7 Å². The number of hydrogen-bond donors (Lipinski definition) is 0. The molecule has 3 aromatic rings. The Labute approximate surface area is 235 Å². The summed E-state index contributed by atoms with van der Waals surface area (Å²) in [5.74, 6) is -1.37. The molecule has 4 nitrogen and oxygen atoms in total. The minimum absolute atomic E-state index is 0.0349. The van der Waals surface area contributed by atoms with E-state index in [1.165, 1.54) is 12.1 Å². The summed E-state index contributed by atoms with van der Waals surface area (Å²) in [4.78, 5) is -0.247. The zero-order valence-electron chi connectivity index (χ0n) is 21.5. The second-order valence-corrected chi connectivity index (χ2v) is 11.9. The van der Waals surface area contributed by atoms with Crippen molar-refractivity contribution in [2.75, 3.05) is 0 Å². The van der Waals surface area contributed by atoms with E-state index in [9.17, 15) is 47.9 Å². The zero-order chi connectivity index (χ0) is 31.0. The van der Waals surface area contributed by atoms with Crippen molar-refractivity contribution in [3.05, 3.63) is 95.3 Å². The van der Waals surface area contributed by atoms with Crippen LogP contribution in [0.1, 0.15) is 42.4 Å². The Morgan fingerprint density at radius 1 is 0.786 bits per heavy atom. The minimum Gasteiger partial charge on any atom is -0.434 e. The molecule has 0 N–H and O–H groups in total. The van der Waals surface area contributed by atoms with Crippen LogP contribution in [0.5, 0.6) is 5.75 Å². The van der Waals surface area contributed by atoms with E-state index in [-0.39, 0.29) is 23.3 Å². The number of para-hydroxylation sites is 1. The van der Waals surface area contributed by atoms with Gasteiger partial charge in [0.1, 0.15) is 16.3 Å². The monoisotopic (exact) mass is 626 g/mol. The fraction of sp³-hybridized carbons (Fsp3) is 0.357. The molecule has 0 radical (unpaired) electrons. The summed E-state index contributed by atoms with van der Waals surface area (Å²) in [6.07, 6.45) is -11.3. The minimum atomic E-state index is -6.09. The van der Waals surface area contributed by atoms with Gasteiger partial charge in [0, 0.05) is 11.1 Å². The summed E-state index contributed by atoms with van der Waals surface area (Å²) in [5, 5.41) is 0. The van der Waals surface area contributed by atoms with Crippen molar-refractivity contribution in [1.82, 2.24) is 0 Å². The summed E-state index contributed by atoms with van der Waals surface area (Å²) in [5.41, 5.74) is -6.84. The summed E-state index contributed by atoms with van der Waals surface area (Å²) < 4.78 is 160. The Morgan fingerprint density at radius 2 is 1.33 bits per heavy atom. The lowest BCUT2D eigenvalue weighted by Gasteiger charge is -2.38. The molecule has 0 atom stereocenters. The van der Waals surface area contributed by atoms with Crippen molar-refractivity contribution in [3.63, 3.8) is 0 Å². The summed E-state index contributed by atoms with van der Waals surface area (Å²) >= 11 is 0. The van der Waals surface area contributed by atoms with Gasteiger partial charge in [-0.2, -0.15) is 35.1 Å². The maximum atomic E-state index is 14.4. The molecule has 1 fully saturated rings. The van der Waals surface area contributed by atoms with Gasteiger partial charge in [-0.15, -0.1) is 0 Å². The number of sulfone groups is 1. The van der Waals surface area contributed by atoms with E-state index >= 15 is 0 Å². The van der Waals surface area contributed by atoms with Gasteiger partial charge in [-0.1, -0.05) is 55.3 Å². The molecule has 0 aliphatic heterocycles. The van der Waals surface area contributed by atoms with Crippen LogP contribution < -0.4 is 4.74 Å². The van der Waals surface area contributed by atoms with Gasteiger partial charge in [-0.3, -0.25) is 0 Å². The van der Waals surface area contributed by atoms with Gasteiger partial charge >= 0.3 is 19.0 Å². The highest BCUT2D eigenvalue weighted by atomic mass is 32.2. The maximum Gasteiger partial charge on any atom is 0.430 e. The highest BCUT2D eigenvalue weighted by Crippen LogP contribution is 2.54. The smallest absolute Gasteiger partial charge is 0.430 e. The first kappa shape index (κ1) is 31.7. The number of ether oxygens (including phenoxy) is 2. The average molecular weight is 627 g/mol. The van der Waals surface area contributed by atoms with E-state index in [2.05, 4.69) is 9.47 Å². The fourth-order valence-electron chi connectivity index (χ4n) is 5.26. The van der Waals surface area contributed by atoms with Crippen molar-refractivity contribution < 1.29 is 57.4 Å². The number of halogens is 9. The van der Waals surface area contributed by atoms with Gasteiger partial charge in [-0.05, 0) is 48.7 Å². The lowest BCUT2D eigenvalue weighted by Crippen LogP contribution is -2.55. The van der Waals surface area contributed by atoms with Crippen LogP contribution in [0.25, 0.3) is 0 Å². The lowest BCUT2D eigenvalue weighted by atomic mass is 9.88. The largest absolute Gasteiger partial charge is 0.434 e. The third-order valence-corrected chi connectivity index (χ3v) is 9.86. The van der Waals surface area contributed by atoms with Gasteiger partial charge in [0.25, 0.3) is 5.60 Å². The molecule has 0 amide bonds. The number of rotatable bonds is 9. The Morgan fingerprint density at radius 3 is 1.86 bits per heavy atom. The molecule has 1 aliphatic rings. The SMILES string of the molecule is O=S(=O)(c1ccc(F)cc1)C1(c2ccc(C(OCc3ccccc3OC(F)F)(C(F)(F)F)C(F)(F)F)cc2)CCCC1. The highest BCUT2D eigenvalue weighted by molar-refractivity contribution is 7.92. The van der Waals surface area contributed by atoms with E-state index in [1.807, 2.05) is 0 Å². The maximum absolute atomic E-state index is 14.4. The van der Waals surface area contributed by atoms with Crippen molar-refractivity contribution >= 4 is 9.84 Å². The Bertz CT molecular complexity index is 1460. The Hall–Kier alpha value is -3.26. The average Bonchev–Trinajstić information content (AvgIpc) is 3.41. The molecule has 0 unspecified atom stereocenters. The van der Waals surface area contributed by atoms with Crippen LogP contribution in [-0.2, 0) is 31.5 Å². The second kappa shape index (κ2) is 11.4. The van der Waals surface area contributed by atoms with Crippen LogP contribution in [0.4, 0.5) is 39.5 Å². The fourth-order valence-corrected chi connectivity index (χ4v) is 7.48. The second-order valence-electron chi connectivity index (χ2n) is 9.69. The van der Waals surface area contributed by atoms with E-state index in [0.29, 0.717) is 25.0 Å². The first-order valence-electron chi connectivity index (χ1n) is 12.5. The molecule has 4 rings (SSSR count). The first-order valence-corrected chi connectivity index (χ1v) is 13.9. The third-order valence-electron chi connectivity index (χ3n) is 7.30. The van der Waals surface area contributed by atoms with E-state index < -0.39 is 68.4 Å². The van der Waals surface area contributed by atoms with E-state index in [1.54, 1.807) is 0 Å². The predicted molar refractivity (Wildman–Crippen MR) is 132 cm³/mol. The van der Waals surface area contributed by atoms with Gasteiger partial charge < -0.3 is 9.47 Å². The molecular weight excluding hydrogens is 603 g/mol. The number of benzene rings is 3. The van der Waals surface area contributed by atoms with Gasteiger partial charge in [0.05, 0.1) is 11.5 Å². The van der Waals surface area contributed by atoms with E-state index in [4.69, 9.17) is 0 Å². The van der Waals surface area contributed by atoms with Crippen molar-refractivity contribution in [3.8, 4) is 5.75 Å². The van der Waals surface area contributed by atoms with Crippen LogP contribution in [0, 0.1) is 5.82 Å². The Balaban J connectivity index is 1.79. The first-order chi connectivity index (χ1) is 19.5. The summed E-state index contributed by atoms with van der Waals surface area (Å²) in [7, 11) is -4.25. The topological polar surface area (TPSA) is 52.6 Å². The highest BCUT2D eigenvalue weighted by Gasteiger charge is 2.73. The molecule has 42 heavy (non-hydrogen) atoms. The van der Waals surface area contributed by atoms with Gasteiger partial charge in [0.2, 0.25) is 0 Å². The molecule has 0 spiro atoms. The van der Waals surface area contributed by atoms with E-state index in [0.717, 1.165) is 48.5 Å². The van der Waals surface area contributed by atoms with Crippen molar-refractivity contribution in [2.45, 2.75) is 66.5 Å². The molecular formula is C28H23F9O4S. The van der Waals surface area contributed by atoms with Gasteiger partial charge in [0.15, 0.2) is 9.84 Å². The molecule has 228 valence electrons. The van der Waals surface area contributed by atoms with Crippen LogP contribution >= 0.6 is 0 Å². The molecule has 0 heterocycles. The zero-order valence-corrected chi connectivity index (χ0v) is 22.3. The number of hydrogen-bond acceptors (Lipinski definition) is 4. The molecule has 14 heteroatoms. The standard InChI is InChI=1S/C28H23F9O4S/c29-21-11-13-22(14-12-21)42(38,39)25(15-3-4-16-25)19-7-9-20(10-8-19)26(27(32,33)34,28(35,36)37)40-17-18-5-1-2-6-23(18)41-24(30)31/h1-2,5-14,24H,3-4,15-17H2. The quantitative estimate of drug-likeness (QED) is 0.178. The number of alkyl halides is 8. The summed E-state index contributed by atoms with van der Waals surface area (Å²) in [6, 6.07) is 11.0. The molecule has 0 saturated heterocycles. The van der Waals surface area contributed by atoms with Crippen LogP contribution in [0.3, 0.4) is 0 Å². The van der Waals surface area contributed by atoms with Crippen LogP contribution in [-0.4, -0.2) is 27.4 Å². The normalized spacial score (nSPS) is 16.1. The van der Waals surface area contributed by atoms with Crippen molar-refractivity contribution in [1.29, 1.82) is 0 Å². The molecule has 0 bridgehead atoms. The van der Waals surface area contributed by atoms with Crippen molar-refractivity contribution in [2.24, 2.45) is 0 Å². The lowest BCUT2D eigenvalue weighted by molar-refractivity contribution is -0.392. The predicted octanol–water partition coefficient (Wildman–Crippen LogP) is 8.21. The Kier molecular flexibility index (Phi) is 8.62. The third kappa shape index (κ3) is 5.58. The molecule has 1 saturated carbocycles. The summed E-state index contributed by atoms with van der Waals surface area (Å²) in [6.45, 7) is -4.81. The molecule has 3 aromatic carbocycles. The molecule has 0 aromatic heterocycles. The molecule has 1 aliphatic carbocycles. The van der Waals surface area contributed by atoms with Crippen LogP contribution in [0.2, 0.25) is 0 Å².